The average molecular weight is 252 g/mol. The second-order valence-electron chi connectivity index (χ2n) is 4.05. The molecule has 0 saturated heterocycles. The lowest BCUT2D eigenvalue weighted by Crippen LogP contribution is -2.25. The van der Waals surface area contributed by atoms with Gasteiger partial charge >= 0.3 is 11.9 Å². The summed E-state index contributed by atoms with van der Waals surface area (Å²) < 4.78 is 10.1. The van der Waals surface area contributed by atoms with Gasteiger partial charge < -0.3 is 9.47 Å². The van der Waals surface area contributed by atoms with Gasteiger partial charge in [0.2, 0.25) is 0 Å². The van der Waals surface area contributed by atoms with Gasteiger partial charge in [-0.2, -0.15) is 0 Å². The Morgan fingerprint density at radius 3 is 2.17 bits per heavy atom. The third-order valence-corrected chi connectivity index (χ3v) is 2.06. The third kappa shape index (κ3) is 6.68. The molecule has 1 atom stereocenters. The van der Waals surface area contributed by atoms with E-state index in [1.807, 2.05) is 0 Å². The van der Waals surface area contributed by atoms with Gasteiger partial charge in [0.05, 0.1) is 0 Å². The Morgan fingerprint density at radius 1 is 1.17 bits per heavy atom. The van der Waals surface area contributed by atoms with Crippen molar-refractivity contribution in [2.24, 2.45) is 0 Å². The average Bonchev–Trinajstić information content (AvgIpc) is 2.31. The Labute approximate surface area is 108 Å². The van der Waals surface area contributed by atoms with Gasteiger partial charge in [-0.25, -0.2) is 9.59 Å². The molecule has 0 heterocycles. The summed E-state index contributed by atoms with van der Waals surface area (Å²) in [5.41, 5.74) is 0.619. The van der Waals surface area contributed by atoms with Crippen molar-refractivity contribution in [3.63, 3.8) is 0 Å². The Morgan fingerprint density at radius 2 is 1.72 bits per heavy atom. The highest BCUT2D eigenvalue weighted by Crippen LogP contribution is 2.08. The molecule has 4 heteroatoms. The maximum Gasteiger partial charge on any atom is 0.333 e. The first-order chi connectivity index (χ1) is 8.38. The molecule has 0 aromatic rings. The molecule has 0 bridgehead atoms. The molecular formula is C14H20O4. The number of rotatable bonds is 8. The summed E-state index contributed by atoms with van der Waals surface area (Å²) in [6.45, 7) is 13.7. The van der Waals surface area contributed by atoms with Gasteiger partial charge in [0.25, 0.3) is 0 Å². The standard InChI is InChI=1S/C14H20O4/c1-6-7-8-12(18-14(16)11(4)5)9-17-13(15)10(2)3/h6,12H,1-2,4,7-9H2,3,5H3. The van der Waals surface area contributed by atoms with Crippen LogP contribution < -0.4 is 0 Å². The van der Waals surface area contributed by atoms with E-state index in [9.17, 15) is 9.59 Å². The van der Waals surface area contributed by atoms with E-state index < -0.39 is 18.0 Å². The fourth-order valence-corrected chi connectivity index (χ4v) is 1.02. The summed E-state index contributed by atoms with van der Waals surface area (Å²) in [4.78, 5) is 22.6. The highest BCUT2D eigenvalue weighted by molar-refractivity contribution is 5.87. The SMILES string of the molecule is C=CCCC(COC(=O)C(=C)C)OC(=O)C(=C)C. The van der Waals surface area contributed by atoms with Gasteiger partial charge in [0.15, 0.2) is 0 Å². The fourth-order valence-electron chi connectivity index (χ4n) is 1.02. The minimum Gasteiger partial charge on any atom is -0.458 e. The van der Waals surface area contributed by atoms with E-state index in [1.165, 1.54) is 0 Å². The van der Waals surface area contributed by atoms with Crippen molar-refractivity contribution >= 4 is 11.9 Å². The summed E-state index contributed by atoms with van der Waals surface area (Å²) >= 11 is 0. The zero-order valence-corrected chi connectivity index (χ0v) is 11.0. The fraction of sp³-hybridized carbons (Fsp3) is 0.429. The number of hydrogen-bond donors (Lipinski definition) is 0. The smallest absolute Gasteiger partial charge is 0.333 e. The van der Waals surface area contributed by atoms with E-state index in [0.29, 0.717) is 24.0 Å². The normalized spacial score (nSPS) is 11.2. The van der Waals surface area contributed by atoms with Crippen LogP contribution in [0.3, 0.4) is 0 Å². The van der Waals surface area contributed by atoms with Gasteiger partial charge in [-0.3, -0.25) is 0 Å². The zero-order chi connectivity index (χ0) is 14.1. The molecule has 0 N–H and O–H groups in total. The zero-order valence-electron chi connectivity index (χ0n) is 11.0. The molecule has 0 aliphatic rings. The van der Waals surface area contributed by atoms with Crippen LogP contribution >= 0.6 is 0 Å². The molecule has 0 aliphatic carbocycles. The van der Waals surface area contributed by atoms with Crippen LogP contribution in [0.5, 0.6) is 0 Å². The minimum absolute atomic E-state index is 0.0125. The van der Waals surface area contributed by atoms with Gasteiger partial charge in [0, 0.05) is 11.1 Å². The molecule has 0 saturated carbocycles. The van der Waals surface area contributed by atoms with E-state index in [4.69, 9.17) is 9.47 Å². The summed E-state index contributed by atoms with van der Waals surface area (Å²) in [5, 5.41) is 0. The van der Waals surface area contributed by atoms with Crippen molar-refractivity contribution in [3.8, 4) is 0 Å². The van der Waals surface area contributed by atoms with Gasteiger partial charge in [0.1, 0.15) is 12.7 Å². The Balaban J connectivity index is 4.34. The van der Waals surface area contributed by atoms with Crippen LogP contribution in [0.2, 0.25) is 0 Å². The third-order valence-electron chi connectivity index (χ3n) is 2.06. The molecule has 0 rings (SSSR count). The molecule has 18 heavy (non-hydrogen) atoms. The molecule has 0 aliphatic heterocycles. The molecular weight excluding hydrogens is 232 g/mol. The number of allylic oxidation sites excluding steroid dienone is 1. The Kier molecular flexibility index (Phi) is 7.43. The number of esters is 2. The molecule has 0 amide bonds. The largest absolute Gasteiger partial charge is 0.458 e. The predicted molar refractivity (Wildman–Crippen MR) is 69.9 cm³/mol. The minimum atomic E-state index is -0.495. The van der Waals surface area contributed by atoms with Crippen LogP contribution in [0.4, 0.5) is 0 Å². The lowest BCUT2D eigenvalue weighted by molar-refractivity contribution is -0.154. The van der Waals surface area contributed by atoms with E-state index in [1.54, 1.807) is 19.9 Å². The number of carbonyl (C=O) groups is 2. The molecule has 0 fully saturated rings. The number of hydrogen-bond acceptors (Lipinski definition) is 4. The first-order valence-corrected chi connectivity index (χ1v) is 5.68. The van der Waals surface area contributed by atoms with Crippen molar-refractivity contribution in [1.29, 1.82) is 0 Å². The first-order valence-electron chi connectivity index (χ1n) is 5.68. The van der Waals surface area contributed by atoms with Crippen molar-refractivity contribution in [2.75, 3.05) is 6.61 Å². The van der Waals surface area contributed by atoms with Crippen molar-refractivity contribution in [3.05, 3.63) is 37.0 Å². The monoisotopic (exact) mass is 252 g/mol. The van der Waals surface area contributed by atoms with Crippen LogP contribution in [-0.2, 0) is 19.1 Å². The van der Waals surface area contributed by atoms with E-state index in [0.717, 1.165) is 0 Å². The Hall–Kier alpha value is -1.84. The quantitative estimate of drug-likeness (QED) is 0.378. The molecule has 100 valence electrons. The second-order valence-corrected chi connectivity index (χ2v) is 4.05. The number of ether oxygens (including phenoxy) is 2. The number of carbonyl (C=O) groups excluding carboxylic acids is 2. The predicted octanol–water partition coefficient (Wildman–Crippen LogP) is 2.56. The van der Waals surface area contributed by atoms with Crippen molar-refractivity contribution < 1.29 is 19.1 Å². The Bertz CT molecular complexity index is 355. The first kappa shape index (κ1) is 16.2. The highest BCUT2D eigenvalue weighted by Gasteiger charge is 2.16. The van der Waals surface area contributed by atoms with Gasteiger partial charge in [-0.15, -0.1) is 6.58 Å². The van der Waals surface area contributed by atoms with Crippen LogP contribution in [0.15, 0.2) is 37.0 Å². The molecule has 0 radical (unpaired) electrons. The van der Waals surface area contributed by atoms with Crippen molar-refractivity contribution in [2.45, 2.75) is 32.8 Å². The van der Waals surface area contributed by atoms with Crippen LogP contribution in [0, 0.1) is 0 Å². The van der Waals surface area contributed by atoms with Crippen LogP contribution in [-0.4, -0.2) is 24.6 Å². The molecule has 1 unspecified atom stereocenters. The summed E-state index contributed by atoms with van der Waals surface area (Å²) in [6, 6.07) is 0. The van der Waals surface area contributed by atoms with Crippen LogP contribution in [0.25, 0.3) is 0 Å². The van der Waals surface area contributed by atoms with Crippen LogP contribution in [0.1, 0.15) is 26.7 Å². The van der Waals surface area contributed by atoms with E-state index >= 15 is 0 Å². The lowest BCUT2D eigenvalue weighted by Gasteiger charge is -2.17. The second kappa shape index (κ2) is 8.28. The molecule has 0 aromatic carbocycles. The highest BCUT2D eigenvalue weighted by atomic mass is 16.6. The summed E-state index contributed by atoms with van der Waals surface area (Å²) in [7, 11) is 0. The van der Waals surface area contributed by atoms with E-state index in [-0.39, 0.29) is 6.61 Å². The summed E-state index contributed by atoms with van der Waals surface area (Å²) in [6.07, 6.45) is 2.43. The molecule has 0 aromatic heterocycles. The lowest BCUT2D eigenvalue weighted by atomic mass is 10.2. The summed E-state index contributed by atoms with van der Waals surface area (Å²) in [5.74, 6) is -0.986. The van der Waals surface area contributed by atoms with Crippen molar-refractivity contribution in [1.82, 2.24) is 0 Å². The maximum absolute atomic E-state index is 11.4. The topological polar surface area (TPSA) is 52.6 Å². The van der Waals surface area contributed by atoms with Gasteiger partial charge in [-0.05, 0) is 26.7 Å². The molecule has 4 nitrogen and oxygen atoms in total. The van der Waals surface area contributed by atoms with E-state index in [2.05, 4.69) is 19.7 Å². The maximum atomic E-state index is 11.4. The van der Waals surface area contributed by atoms with Gasteiger partial charge in [-0.1, -0.05) is 19.2 Å². The molecule has 0 spiro atoms.